The lowest BCUT2D eigenvalue weighted by Crippen LogP contribution is -2.43. The number of amides is 3. The summed E-state index contributed by atoms with van der Waals surface area (Å²) in [6.07, 6.45) is -0.156. The van der Waals surface area contributed by atoms with E-state index in [0.29, 0.717) is 11.4 Å². The van der Waals surface area contributed by atoms with Gasteiger partial charge in [-0.1, -0.05) is 18.7 Å². The molecule has 0 atom stereocenters. The first-order chi connectivity index (χ1) is 12.8. The van der Waals surface area contributed by atoms with E-state index in [2.05, 4.69) is 28.1 Å². The quantitative estimate of drug-likeness (QED) is 0.463. The molecule has 4 N–H and O–H groups in total. The van der Waals surface area contributed by atoms with Crippen molar-refractivity contribution in [2.24, 2.45) is 0 Å². The molecule has 2 aromatic rings. The van der Waals surface area contributed by atoms with Crippen molar-refractivity contribution < 1.29 is 18.8 Å². The van der Waals surface area contributed by atoms with Crippen molar-refractivity contribution in [1.82, 2.24) is 10.9 Å². The molecule has 0 aliphatic carbocycles. The fourth-order valence-corrected chi connectivity index (χ4v) is 2.09. The number of benzene rings is 2. The molecule has 0 unspecified atom stereocenters. The third kappa shape index (κ3) is 6.62. The zero-order valence-corrected chi connectivity index (χ0v) is 14.6. The van der Waals surface area contributed by atoms with Crippen molar-refractivity contribution >= 4 is 29.1 Å². The zero-order chi connectivity index (χ0) is 19.8. The van der Waals surface area contributed by atoms with Crippen LogP contribution in [0.2, 0.25) is 0 Å². The number of carbonyl (C=O) groups excluding carboxylic acids is 3. The second-order valence-corrected chi connectivity index (χ2v) is 5.74. The number of halogens is 1. The molecule has 7 nitrogen and oxygen atoms in total. The number of hydrazine groups is 1. The highest BCUT2D eigenvalue weighted by Gasteiger charge is 2.14. The number of hydrogen-bond donors (Lipinski definition) is 4. The van der Waals surface area contributed by atoms with Gasteiger partial charge in [-0.3, -0.25) is 19.8 Å². The van der Waals surface area contributed by atoms with E-state index in [0.717, 1.165) is 5.56 Å². The molecule has 2 rings (SSSR count). The van der Waals surface area contributed by atoms with Gasteiger partial charge in [0.2, 0.25) is 5.91 Å². The number of nitrogens with one attached hydrogen (secondary N) is 4. The van der Waals surface area contributed by atoms with Crippen molar-refractivity contribution in [1.29, 1.82) is 0 Å². The lowest BCUT2D eigenvalue weighted by atomic mass is 10.2. The molecule has 0 aromatic heterocycles. The molecule has 3 amide bonds. The topological polar surface area (TPSA) is 99.3 Å². The average Bonchev–Trinajstić information content (AvgIpc) is 2.61. The Hall–Kier alpha value is -3.68. The van der Waals surface area contributed by atoms with Gasteiger partial charge in [0.05, 0.1) is 6.42 Å². The monoisotopic (exact) mass is 370 g/mol. The Morgan fingerprint density at radius 1 is 0.926 bits per heavy atom. The summed E-state index contributed by atoms with van der Waals surface area (Å²) in [6, 6.07) is 12.3. The summed E-state index contributed by atoms with van der Waals surface area (Å²) < 4.78 is 12.8. The number of rotatable bonds is 6. The number of anilines is 2. The van der Waals surface area contributed by atoms with E-state index in [1.54, 1.807) is 18.2 Å². The predicted molar refractivity (Wildman–Crippen MR) is 99.9 cm³/mol. The molecular formula is C19H19FN4O3. The van der Waals surface area contributed by atoms with Gasteiger partial charge >= 0.3 is 11.8 Å². The molecule has 140 valence electrons. The molecule has 0 bridgehead atoms. The maximum atomic E-state index is 12.8. The van der Waals surface area contributed by atoms with Crippen LogP contribution in [0.4, 0.5) is 15.8 Å². The van der Waals surface area contributed by atoms with Crippen molar-refractivity contribution in [2.75, 3.05) is 10.6 Å². The highest BCUT2D eigenvalue weighted by atomic mass is 19.1. The van der Waals surface area contributed by atoms with Gasteiger partial charge in [-0.25, -0.2) is 4.39 Å². The Morgan fingerprint density at radius 2 is 1.63 bits per heavy atom. The molecular weight excluding hydrogens is 351 g/mol. The average molecular weight is 370 g/mol. The van der Waals surface area contributed by atoms with Gasteiger partial charge in [0.1, 0.15) is 5.82 Å². The van der Waals surface area contributed by atoms with E-state index in [9.17, 15) is 18.8 Å². The highest BCUT2D eigenvalue weighted by molar-refractivity contribution is 6.39. The minimum Gasteiger partial charge on any atom is -0.326 e. The molecule has 0 heterocycles. The Labute approximate surface area is 155 Å². The summed E-state index contributed by atoms with van der Waals surface area (Å²) >= 11 is 0. The van der Waals surface area contributed by atoms with Crippen LogP contribution in [-0.2, 0) is 14.4 Å². The summed E-state index contributed by atoms with van der Waals surface area (Å²) in [5.41, 5.74) is 6.60. The van der Waals surface area contributed by atoms with Crippen LogP contribution in [0.1, 0.15) is 12.0 Å². The molecule has 0 spiro atoms. The lowest BCUT2D eigenvalue weighted by Gasteiger charge is -2.11. The molecule has 0 radical (unpaired) electrons. The van der Waals surface area contributed by atoms with E-state index < -0.39 is 23.5 Å². The smallest absolute Gasteiger partial charge is 0.326 e. The van der Waals surface area contributed by atoms with Gasteiger partial charge < -0.3 is 16.1 Å². The van der Waals surface area contributed by atoms with Gasteiger partial charge in [0, 0.05) is 17.1 Å². The van der Waals surface area contributed by atoms with Crippen LogP contribution >= 0.6 is 0 Å². The van der Waals surface area contributed by atoms with Gasteiger partial charge in [-0.2, -0.15) is 0 Å². The van der Waals surface area contributed by atoms with E-state index in [-0.39, 0.29) is 12.1 Å². The van der Waals surface area contributed by atoms with Crippen LogP contribution in [0.3, 0.4) is 0 Å². The SMILES string of the molecule is C=C(CC(=O)Nc1ccc(F)cc1)NNC(=O)C(=O)Nc1cccc(C)c1. The van der Waals surface area contributed by atoms with Crippen LogP contribution in [0, 0.1) is 12.7 Å². The minimum absolute atomic E-state index is 0.156. The Kier molecular flexibility index (Phi) is 6.65. The van der Waals surface area contributed by atoms with Crippen LogP contribution in [0.25, 0.3) is 0 Å². The number of carbonyl (C=O) groups is 3. The first kappa shape index (κ1) is 19.6. The third-order valence-corrected chi connectivity index (χ3v) is 3.34. The summed E-state index contributed by atoms with van der Waals surface area (Å²) in [7, 11) is 0. The molecule has 0 aliphatic heterocycles. The Morgan fingerprint density at radius 3 is 2.30 bits per heavy atom. The van der Waals surface area contributed by atoms with E-state index in [4.69, 9.17) is 0 Å². The molecule has 0 saturated carbocycles. The van der Waals surface area contributed by atoms with E-state index >= 15 is 0 Å². The van der Waals surface area contributed by atoms with Crippen molar-refractivity contribution in [2.45, 2.75) is 13.3 Å². The van der Waals surface area contributed by atoms with Crippen LogP contribution in [-0.4, -0.2) is 17.7 Å². The van der Waals surface area contributed by atoms with Crippen LogP contribution in [0.5, 0.6) is 0 Å². The van der Waals surface area contributed by atoms with Gasteiger partial charge in [-0.05, 0) is 48.9 Å². The van der Waals surface area contributed by atoms with Crippen molar-refractivity contribution in [3.63, 3.8) is 0 Å². The normalized spacial score (nSPS) is 9.85. The molecule has 8 heteroatoms. The van der Waals surface area contributed by atoms with Gasteiger partial charge in [0.15, 0.2) is 0 Å². The molecule has 0 aliphatic rings. The van der Waals surface area contributed by atoms with Crippen molar-refractivity contribution in [3.8, 4) is 0 Å². The maximum Gasteiger partial charge on any atom is 0.327 e. The number of hydrogen-bond acceptors (Lipinski definition) is 4. The van der Waals surface area contributed by atoms with Crippen LogP contribution < -0.4 is 21.5 Å². The largest absolute Gasteiger partial charge is 0.327 e. The fourth-order valence-electron chi connectivity index (χ4n) is 2.09. The third-order valence-electron chi connectivity index (χ3n) is 3.34. The maximum absolute atomic E-state index is 12.8. The zero-order valence-electron chi connectivity index (χ0n) is 14.6. The minimum atomic E-state index is -0.934. The fraction of sp³-hybridized carbons (Fsp3) is 0.105. The molecule has 2 aromatic carbocycles. The van der Waals surface area contributed by atoms with Gasteiger partial charge in [0.25, 0.3) is 0 Å². The molecule has 27 heavy (non-hydrogen) atoms. The second kappa shape index (κ2) is 9.14. The summed E-state index contributed by atoms with van der Waals surface area (Å²) in [6.45, 7) is 5.46. The van der Waals surface area contributed by atoms with Crippen LogP contribution in [0.15, 0.2) is 60.8 Å². The van der Waals surface area contributed by atoms with Gasteiger partial charge in [-0.15, -0.1) is 0 Å². The predicted octanol–water partition coefficient (Wildman–Crippen LogP) is 2.24. The summed E-state index contributed by atoms with van der Waals surface area (Å²) in [5.74, 6) is -2.63. The van der Waals surface area contributed by atoms with E-state index in [1.807, 2.05) is 13.0 Å². The second-order valence-electron chi connectivity index (χ2n) is 5.74. The lowest BCUT2D eigenvalue weighted by molar-refractivity contribution is -0.136. The van der Waals surface area contributed by atoms with Crippen molar-refractivity contribution in [3.05, 3.63) is 72.2 Å². The summed E-state index contributed by atoms with van der Waals surface area (Å²) in [4.78, 5) is 35.5. The Balaban J connectivity index is 1.75. The Bertz CT molecular complexity index is 866. The first-order valence-corrected chi connectivity index (χ1v) is 8.00. The number of aryl methyl sites for hydroxylation is 1. The van der Waals surface area contributed by atoms with E-state index in [1.165, 1.54) is 24.3 Å². The molecule has 0 fully saturated rings. The standard InChI is InChI=1S/C19H19FN4O3/c1-12-4-3-5-16(10-12)22-18(26)19(27)24-23-13(2)11-17(25)21-15-8-6-14(20)7-9-15/h3-10,23H,2,11H2,1H3,(H,21,25)(H,22,26)(H,24,27). The highest BCUT2D eigenvalue weighted by Crippen LogP contribution is 2.10. The summed E-state index contributed by atoms with van der Waals surface area (Å²) in [5, 5.41) is 5.00. The first-order valence-electron chi connectivity index (χ1n) is 8.00. The molecule has 0 saturated heterocycles.